The molecule has 0 bridgehead atoms. The molecular weight excluding hydrogens is 258 g/mol. The molecule has 0 aliphatic heterocycles. The van der Waals surface area contributed by atoms with Gasteiger partial charge in [0.25, 0.3) is 5.91 Å². The van der Waals surface area contributed by atoms with Crippen molar-refractivity contribution in [1.29, 1.82) is 0 Å². The predicted molar refractivity (Wildman–Crippen MR) is 87.7 cm³/mol. The van der Waals surface area contributed by atoms with Crippen molar-refractivity contribution < 1.29 is 4.79 Å². The molecule has 0 saturated heterocycles. The standard InChI is InChI=1S/C19H17NO/c1-2-14-7-9-16(10-8-14)19(21)20-18-12-11-15-5-3-4-6-17(15)13-18/h3-13H,2H2,1H3,(H,20,21). The van der Waals surface area contributed by atoms with Gasteiger partial charge in [-0.3, -0.25) is 4.79 Å². The van der Waals surface area contributed by atoms with Crippen molar-refractivity contribution in [3.05, 3.63) is 77.9 Å². The predicted octanol–water partition coefficient (Wildman–Crippen LogP) is 4.65. The number of nitrogens with one attached hydrogen (secondary N) is 1. The lowest BCUT2D eigenvalue weighted by Crippen LogP contribution is -2.11. The zero-order valence-electron chi connectivity index (χ0n) is 12.0. The third-order valence-corrected chi connectivity index (χ3v) is 3.63. The lowest BCUT2D eigenvalue weighted by Gasteiger charge is -2.07. The lowest BCUT2D eigenvalue weighted by molar-refractivity contribution is 0.102. The van der Waals surface area contributed by atoms with Gasteiger partial charge in [-0.05, 0) is 47.0 Å². The minimum absolute atomic E-state index is 0.0760. The van der Waals surface area contributed by atoms with E-state index in [1.807, 2.05) is 60.7 Å². The Morgan fingerprint density at radius 2 is 1.62 bits per heavy atom. The van der Waals surface area contributed by atoms with Crippen LogP contribution < -0.4 is 5.32 Å². The van der Waals surface area contributed by atoms with Crippen molar-refractivity contribution in [2.45, 2.75) is 13.3 Å². The molecule has 0 radical (unpaired) electrons. The summed E-state index contributed by atoms with van der Waals surface area (Å²) in [6, 6.07) is 21.8. The van der Waals surface area contributed by atoms with Gasteiger partial charge in [0, 0.05) is 11.3 Å². The average molecular weight is 275 g/mol. The number of aryl methyl sites for hydroxylation is 1. The van der Waals surface area contributed by atoms with E-state index in [9.17, 15) is 4.79 Å². The topological polar surface area (TPSA) is 29.1 Å². The molecule has 104 valence electrons. The zero-order chi connectivity index (χ0) is 14.7. The number of benzene rings is 3. The number of hydrogen-bond acceptors (Lipinski definition) is 1. The Hall–Kier alpha value is -2.61. The lowest BCUT2D eigenvalue weighted by atomic mass is 10.1. The second-order valence-corrected chi connectivity index (χ2v) is 5.07. The maximum Gasteiger partial charge on any atom is 0.255 e. The van der Waals surface area contributed by atoms with Gasteiger partial charge in [0.15, 0.2) is 0 Å². The average Bonchev–Trinajstić information content (AvgIpc) is 2.55. The fraction of sp³-hybridized carbons (Fsp3) is 0.105. The Labute approximate surface area is 124 Å². The van der Waals surface area contributed by atoms with Crippen LogP contribution in [0.15, 0.2) is 66.7 Å². The molecule has 3 aromatic carbocycles. The quantitative estimate of drug-likeness (QED) is 0.740. The van der Waals surface area contributed by atoms with Gasteiger partial charge in [-0.15, -0.1) is 0 Å². The summed E-state index contributed by atoms with van der Waals surface area (Å²) in [6.45, 7) is 2.10. The van der Waals surface area contributed by atoms with Gasteiger partial charge in [0.05, 0.1) is 0 Å². The van der Waals surface area contributed by atoms with E-state index in [1.54, 1.807) is 0 Å². The normalized spacial score (nSPS) is 10.5. The second kappa shape index (κ2) is 5.80. The fourth-order valence-corrected chi connectivity index (χ4v) is 2.36. The first kappa shape index (κ1) is 13.4. The summed E-state index contributed by atoms with van der Waals surface area (Å²) in [6.07, 6.45) is 0.979. The number of hydrogen-bond donors (Lipinski definition) is 1. The number of amides is 1. The summed E-state index contributed by atoms with van der Waals surface area (Å²) in [5.74, 6) is -0.0760. The first-order valence-electron chi connectivity index (χ1n) is 7.15. The highest BCUT2D eigenvalue weighted by Crippen LogP contribution is 2.19. The van der Waals surface area contributed by atoms with Crippen LogP contribution in [0, 0.1) is 0 Å². The van der Waals surface area contributed by atoms with E-state index in [1.165, 1.54) is 10.9 Å². The van der Waals surface area contributed by atoms with Crippen LogP contribution in [-0.2, 0) is 6.42 Å². The smallest absolute Gasteiger partial charge is 0.255 e. The molecule has 2 nitrogen and oxygen atoms in total. The van der Waals surface area contributed by atoms with Crippen molar-refractivity contribution in [1.82, 2.24) is 0 Å². The Bertz CT molecular complexity index is 775. The molecule has 3 rings (SSSR count). The molecule has 0 heterocycles. The number of fused-ring (bicyclic) bond motifs is 1. The van der Waals surface area contributed by atoms with E-state index < -0.39 is 0 Å². The van der Waals surface area contributed by atoms with E-state index in [-0.39, 0.29) is 5.91 Å². The summed E-state index contributed by atoms with van der Waals surface area (Å²) < 4.78 is 0. The van der Waals surface area contributed by atoms with Gasteiger partial charge < -0.3 is 5.32 Å². The van der Waals surface area contributed by atoms with Crippen LogP contribution in [0.25, 0.3) is 10.8 Å². The van der Waals surface area contributed by atoms with Gasteiger partial charge in [-0.25, -0.2) is 0 Å². The van der Waals surface area contributed by atoms with E-state index >= 15 is 0 Å². The van der Waals surface area contributed by atoms with Crippen molar-refractivity contribution >= 4 is 22.4 Å². The highest BCUT2D eigenvalue weighted by Gasteiger charge is 2.06. The van der Waals surface area contributed by atoms with Crippen molar-refractivity contribution in [2.75, 3.05) is 5.32 Å². The molecule has 0 saturated carbocycles. The van der Waals surface area contributed by atoms with Crippen LogP contribution in [0.3, 0.4) is 0 Å². The molecule has 0 aliphatic carbocycles. The van der Waals surface area contributed by atoms with Crippen molar-refractivity contribution in [3.63, 3.8) is 0 Å². The van der Waals surface area contributed by atoms with Crippen molar-refractivity contribution in [3.8, 4) is 0 Å². The highest BCUT2D eigenvalue weighted by molar-refractivity contribution is 6.05. The first-order chi connectivity index (χ1) is 10.3. The van der Waals surface area contributed by atoms with Crippen LogP contribution in [-0.4, -0.2) is 5.91 Å². The molecule has 3 aromatic rings. The van der Waals surface area contributed by atoms with Gasteiger partial charge in [0.1, 0.15) is 0 Å². The molecule has 0 unspecified atom stereocenters. The van der Waals surface area contributed by atoms with E-state index in [4.69, 9.17) is 0 Å². The summed E-state index contributed by atoms with van der Waals surface area (Å²) in [4.78, 5) is 12.2. The SMILES string of the molecule is CCc1ccc(C(=O)Nc2ccc3ccccc3c2)cc1. The maximum absolute atomic E-state index is 12.2. The third-order valence-electron chi connectivity index (χ3n) is 3.63. The fourth-order valence-electron chi connectivity index (χ4n) is 2.36. The summed E-state index contributed by atoms with van der Waals surface area (Å²) in [7, 11) is 0. The van der Waals surface area contributed by atoms with E-state index in [0.29, 0.717) is 5.56 Å². The first-order valence-corrected chi connectivity index (χ1v) is 7.15. The Morgan fingerprint density at radius 1 is 0.905 bits per heavy atom. The number of carbonyl (C=O) groups excluding carboxylic acids is 1. The Balaban J connectivity index is 1.81. The summed E-state index contributed by atoms with van der Waals surface area (Å²) in [5, 5.41) is 5.24. The molecule has 1 N–H and O–H groups in total. The van der Waals surface area contributed by atoms with Gasteiger partial charge >= 0.3 is 0 Å². The Kier molecular flexibility index (Phi) is 3.69. The molecule has 0 spiro atoms. The Morgan fingerprint density at radius 3 is 2.33 bits per heavy atom. The third kappa shape index (κ3) is 2.95. The molecule has 1 amide bonds. The highest BCUT2D eigenvalue weighted by atomic mass is 16.1. The largest absolute Gasteiger partial charge is 0.322 e. The van der Waals surface area contributed by atoms with Gasteiger partial charge in [0.2, 0.25) is 0 Å². The molecule has 0 fully saturated rings. The molecule has 0 atom stereocenters. The summed E-state index contributed by atoms with van der Waals surface area (Å²) >= 11 is 0. The van der Waals surface area contributed by atoms with E-state index in [0.717, 1.165) is 17.5 Å². The minimum atomic E-state index is -0.0760. The van der Waals surface area contributed by atoms with Crippen LogP contribution in [0.2, 0.25) is 0 Å². The van der Waals surface area contributed by atoms with Crippen LogP contribution in [0.4, 0.5) is 5.69 Å². The monoisotopic (exact) mass is 275 g/mol. The minimum Gasteiger partial charge on any atom is -0.322 e. The van der Waals surface area contributed by atoms with Gasteiger partial charge in [-0.2, -0.15) is 0 Å². The van der Waals surface area contributed by atoms with Crippen molar-refractivity contribution in [2.24, 2.45) is 0 Å². The van der Waals surface area contributed by atoms with Crippen LogP contribution in [0.1, 0.15) is 22.8 Å². The van der Waals surface area contributed by atoms with Crippen LogP contribution in [0.5, 0.6) is 0 Å². The molecule has 21 heavy (non-hydrogen) atoms. The number of rotatable bonds is 3. The van der Waals surface area contributed by atoms with Crippen LogP contribution >= 0.6 is 0 Å². The zero-order valence-corrected chi connectivity index (χ0v) is 12.0. The summed E-state index contributed by atoms with van der Waals surface area (Å²) in [5.41, 5.74) is 2.73. The number of anilines is 1. The molecular formula is C19H17NO. The maximum atomic E-state index is 12.2. The molecule has 0 aliphatic rings. The van der Waals surface area contributed by atoms with E-state index in [2.05, 4.69) is 18.3 Å². The van der Waals surface area contributed by atoms with Gasteiger partial charge in [-0.1, -0.05) is 49.4 Å². The molecule has 2 heteroatoms. The molecule has 0 aromatic heterocycles. The second-order valence-electron chi connectivity index (χ2n) is 5.07. The number of carbonyl (C=O) groups is 1.